The molecular formula is C9H20ClO4P. The fourth-order valence-electron chi connectivity index (χ4n) is 1.96. The molecule has 0 spiro atoms. The van der Waals surface area contributed by atoms with Crippen molar-refractivity contribution in [3.63, 3.8) is 0 Å². The first kappa shape index (κ1) is 15.4. The number of ether oxygens (including phenoxy) is 1. The van der Waals surface area contributed by atoms with Crippen LogP contribution in [0.15, 0.2) is 0 Å². The molecule has 0 saturated carbocycles. The first-order valence-electron chi connectivity index (χ1n) is 4.95. The van der Waals surface area contributed by atoms with E-state index in [0.717, 1.165) is 0 Å². The number of halogens is 1. The van der Waals surface area contributed by atoms with Crippen LogP contribution in [0.25, 0.3) is 0 Å². The van der Waals surface area contributed by atoms with Gasteiger partial charge in [0.15, 0.2) is 5.34 Å². The highest BCUT2D eigenvalue weighted by Gasteiger charge is 2.53. The van der Waals surface area contributed by atoms with Gasteiger partial charge in [-0.1, -0.05) is 27.7 Å². The van der Waals surface area contributed by atoms with Crippen LogP contribution in [0.4, 0.5) is 0 Å². The number of hydrogen-bond acceptors (Lipinski definition) is 2. The summed E-state index contributed by atoms with van der Waals surface area (Å²) >= 11 is 5.49. The second-order valence-corrected chi connectivity index (χ2v) is 6.31. The van der Waals surface area contributed by atoms with Crippen molar-refractivity contribution < 1.29 is 19.1 Å². The van der Waals surface area contributed by atoms with Crippen LogP contribution >= 0.6 is 19.2 Å². The maximum Gasteiger partial charge on any atom is 0.357 e. The van der Waals surface area contributed by atoms with E-state index in [1.165, 1.54) is 0 Å². The van der Waals surface area contributed by atoms with Crippen molar-refractivity contribution in [1.82, 2.24) is 0 Å². The molecule has 0 fully saturated rings. The Balaban J connectivity index is 5.19. The predicted molar refractivity (Wildman–Crippen MR) is 61.1 cm³/mol. The zero-order chi connectivity index (χ0) is 12.3. The topological polar surface area (TPSA) is 66.8 Å². The van der Waals surface area contributed by atoms with Gasteiger partial charge in [-0.15, -0.1) is 11.6 Å². The van der Waals surface area contributed by atoms with E-state index in [1.807, 2.05) is 0 Å². The Hall–Kier alpha value is 0.400. The summed E-state index contributed by atoms with van der Waals surface area (Å²) in [6.07, 6.45) is 0. The molecule has 6 heteroatoms. The lowest BCUT2D eigenvalue weighted by Gasteiger charge is -2.40. The SMILES string of the molecule is CC(C)C(OCCCl)(C(C)C)P(=O)(O)O. The van der Waals surface area contributed by atoms with E-state index < -0.39 is 12.9 Å². The van der Waals surface area contributed by atoms with Crippen molar-refractivity contribution in [2.24, 2.45) is 11.8 Å². The maximum absolute atomic E-state index is 11.6. The Kier molecular flexibility index (Phi) is 5.80. The lowest BCUT2D eigenvalue weighted by molar-refractivity contribution is -0.0557. The van der Waals surface area contributed by atoms with E-state index in [9.17, 15) is 14.4 Å². The molecule has 0 atom stereocenters. The molecule has 2 N–H and O–H groups in total. The van der Waals surface area contributed by atoms with Crippen molar-refractivity contribution >= 4 is 19.2 Å². The molecule has 0 aromatic rings. The van der Waals surface area contributed by atoms with Gasteiger partial charge in [-0.2, -0.15) is 0 Å². The summed E-state index contributed by atoms with van der Waals surface area (Å²) in [5.41, 5.74) is 0. The van der Waals surface area contributed by atoms with Gasteiger partial charge >= 0.3 is 7.60 Å². The average molecular weight is 259 g/mol. The van der Waals surface area contributed by atoms with Crippen LogP contribution in [-0.4, -0.2) is 27.6 Å². The summed E-state index contributed by atoms with van der Waals surface area (Å²) in [5.74, 6) is -0.329. The molecule has 0 aromatic heterocycles. The molecule has 0 aliphatic rings. The molecule has 0 rings (SSSR count). The number of rotatable bonds is 6. The summed E-state index contributed by atoms with van der Waals surface area (Å²) in [6.45, 7) is 7.12. The molecule has 0 saturated heterocycles. The molecule has 0 aromatic carbocycles. The van der Waals surface area contributed by atoms with Gasteiger partial charge in [0.2, 0.25) is 0 Å². The normalized spacial score (nSPS) is 13.9. The van der Waals surface area contributed by atoms with Crippen LogP contribution in [-0.2, 0) is 9.30 Å². The molecule has 4 nitrogen and oxygen atoms in total. The highest BCUT2D eigenvalue weighted by molar-refractivity contribution is 7.53. The van der Waals surface area contributed by atoms with Crippen LogP contribution in [0.1, 0.15) is 27.7 Å². The van der Waals surface area contributed by atoms with E-state index >= 15 is 0 Å². The molecule has 0 amide bonds. The second kappa shape index (κ2) is 5.65. The van der Waals surface area contributed by atoms with Crippen molar-refractivity contribution in [1.29, 1.82) is 0 Å². The Morgan fingerprint density at radius 2 is 1.67 bits per heavy atom. The van der Waals surface area contributed by atoms with Gasteiger partial charge in [0.1, 0.15) is 0 Å². The fraction of sp³-hybridized carbons (Fsp3) is 1.00. The highest BCUT2D eigenvalue weighted by atomic mass is 35.5. The van der Waals surface area contributed by atoms with E-state index in [2.05, 4.69) is 0 Å². The summed E-state index contributed by atoms with van der Waals surface area (Å²) in [6, 6.07) is 0. The third kappa shape index (κ3) is 3.18. The minimum absolute atomic E-state index is 0.142. The number of alkyl halides is 1. The van der Waals surface area contributed by atoms with Gasteiger partial charge in [-0.25, -0.2) is 0 Å². The molecule has 92 valence electrons. The van der Waals surface area contributed by atoms with Gasteiger partial charge in [-0.05, 0) is 11.8 Å². The lowest BCUT2D eigenvalue weighted by Crippen LogP contribution is -2.43. The Morgan fingerprint density at radius 1 is 1.27 bits per heavy atom. The van der Waals surface area contributed by atoms with E-state index in [4.69, 9.17) is 16.3 Å². The fourth-order valence-corrected chi connectivity index (χ4v) is 3.64. The van der Waals surface area contributed by atoms with Crippen LogP contribution in [0.3, 0.4) is 0 Å². The molecule has 0 bridgehead atoms. The number of hydrogen-bond donors (Lipinski definition) is 2. The molecule has 0 radical (unpaired) electrons. The quantitative estimate of drug-likeness (QED) is 0.567. The molecule has 0 unspecified atom stereocenters. The summed E-state index contributed by atoms with van der Waals surface area (Å²) < 4.78 is 16.9. The Bertz CT molecular complexity index is 228. The third-order valence-electron chi connectivity index (χ3n) is 2.52. The molecular weight excluding hydrogens is 239 g/mol. The Morgan fingerprint density at radius 3 is 1.87 bits per heavy atom. The van der Waals surface area contributed by atoms with Crippen LogP contribution in [0.5, 0.6) is 0 Å². The molecule has 15 heavy (non-hydrogen) atoms. The van der Waals surface area contributed by atoms with Gasteiger partial charge in [-0.3, -0.25) is 4.57 Å². The van der Waals surface area contributed by atoms with E-state index in [0.29, 0.717) is 0 Å². The summed E-state index contributed by atoms with van der Waals surface area (Å²) in [5, 5.41) is -1.43. The zero-order valence-electron chi connectivity index (χ0n) is 9.61. The summed E-state index contributed by atoms with van der Waals surface area (Å²) in [4.78, 5) is 18.9. The van der Waals surface area contributed by atoms with Crippen molar-refractivity contribution in [3.05, 3.63) is 0 Å². The second-order valence-electron chi connectivity index (χ2n) is 4.14. The van der Waals surface area contributed by atoms with Crippen molar-refractivity contribution in [3.8, 4) is 0 Å². The smallest absolute Gasteiger partial charge is 0.357 e. The van der Waals surface area contributed by atoms with Crippen molar-refractivity contribution in [2.75, 3.05) is 12.5 Å². The third-order valence-corrected chi connectivity index (χ3v) is 4.75. The zero-order valence-corrected chi connectivity index (χ0v) is 11.3. The first-order chi connectivity index (χ1) is 6.70. The maximum atomic E-state index is 11.6. The summed E-state index contributed by atoms with van der Waals surface area (Å²) in [7, 11) is -4.33. The van der Waals surface area contributed by atoms with Gasteiger partial charge in [0, 0.05) is 5.88 Å². The largest absolute Gasteiger partial charge is 0.361 e. The Labute approximate surface area is 96.1 Å². The van der Waals surface area contributed by atoms with E-state index in [-0.39, 0.29) is 24.3 Å². The van der Waals surface area contributed by atoms with Crippen LogP contribution < -0.4 is 0 Å². The lowest BCUT2D eigenvalue weighted by atomic mass is 9.95. The van der Waals surface area contributed by atoms with Gasteiger partial charge in [0.05, 0.1) is 6.61 Å². The molecule has 0 heterocycles. The van der Waals surface area contributed by atoms with Gasteiger partial charge < -0.3 is 14.5 Å². The van der Waals surface area contributed by atoms with Crippen molar-refractivity contribution in [2.45, 2.75) is 33.0 Å². The minimum atomic E-state index is -4.33. The predicted octanol–water partition coefficient (Wildman–Crippen LogP) is 2.43. The molecule has 0 aliphatic carbocycles. The molecule has 0 aliphatic heterocycles. The van der Waals surface area contributed by atoms with Crippen LogP contribution in [0.2, 0.25) is 0 Å². The average Bonchev–Trinajstić information content (AvgIpc) is 2.01. The highest BCUT2D eigenvalue weighted by Crippen LogP contribution is 2.59. The minimum Gasteiger partial charge on any atom is -0.361 e. The van der Waals surface area contributed by atoms with E-state index in [1.54, 1.807) is 27.7 Å². The standard InChI is InChI=1S/C9H20ClO4P/c1-7(2)9(8(3)4,14-6-5-10)15(11,12)13/h7-8H,5-6H2,1-4H3,(H2,11,12,13). The first-order valence-corrected chi connectivity index (χ1v) is 7.10. The monoisotopic (exact) mass is 258 g/mol. The van der Waals surface area contributed by atoms with Crippen LogP contribution in [0, 0.1) is 11.8 Å². The van der Waals surface area contributed by atoms with Gasteiger partial charge in [0.25, 0.3) is 0 Å².